The van der Waals surface area contributed by atoms with Crippen LogP contribution in [-0.2, 0) is 6.54 Å². The van der Waals surface area contributed by atoms with Crippen LogP contribution in [0.4, 0.5) is 0 Å². The molecule has 1 N–H and O–H groups in total. The van der Waals surface area contributed by atoms with Gasteiger partial charge in [-0.2, -0.15) is 0 Å². The Labute approximate surface area is 114 Å². The molecule has 1 saturated heterocycles. The standard InChI is InChI=1S/C14H23N3S/c1-10-11(2)18-13(16-10)8-17-7-6-15-9-14(17,3)12-4-5-12/h12,15H,4-9H2,1-3H3. The first kappa shape index (κ1) is 12.6. The summed E-state index contributed by atoms with van der Waals surface area (Å²) in [4.78, 5) is 8.74. The highest BCUT2D eigenvalue weighted by atomic mass is 32.1. The van der Waals surface area contributed by atoms with E-state index >= 15 is 0 Å². The maximum Gasteiger partial charge on any atom is 0.107 e. The Morgan fingerprint density at radius 3 is 2.83 bits per heavy atom. The molecule has 2 aliphatic rings. The SMILES string of the molecule is Cc1nc(CN2CCNCC2(C)C2CC2)sc1C. The fourth-order valence-corrected chi connectivity index (χ4v) is 4.01. The Balaban J connectivity index is 1.77. The van der Waals surface area contributed by atoms with Crippen LogP contribution in [0, 0.1) is 19.8 Å². The second-order valence-corrected chi connectivity index (χ2v) is 7.27. The van der Waals surface area contributed by atoms with Crippen molar-refractivity contribution in [2.75, 3.05) is 19.6 Å². The van der Waals surface area contributed by atoms with Crippen LogP contribution in [0.1, 0.15) is 35.3 Å². The Bertz CT molecular complexity index is 419. The molecule has 1 aliphatic heterocycles. The minimum absolute atomic E-state index is 0.353. The van der Waals surface area contributed by atoms with Crippen molar-refractivity contribution in [3.8, 4) is 0 Å². The number of aromatic nitrogens is 1. The molecule has 1 aromatic heterocycles. The Kier molecular flexibility index (Phi) is 3.20. The molecule has 3 nitrogen and oxygen atoms in total. The second kappa shape index (κ2) is 4.58. The van der Waals surface area contributed by atoms with Crippen LogP contribution in [0.25, 0.3) is 0 Å². The molecule has 0 amide bonds. The Hall–Kier alpha value is -0.450. The van der Waals surface area contributed by atoms with E-state index in [9.17, 15) is 0 Å². The third-order valence-electron chi connectivity index (χ3n) is 4.62. The number of piperazine rings is 1. The lowest BCUT2D eigenvalue weighted by Crippen LogP contribution is -2.60. The van der Waals surface area contributed by atoms with Gasteiger partial charge in [-0.3, -0.25) is 4.90 Å². The molecule has 18 heavy (non-hydrogen) atoms. The van der Waals surface area contributed by atoms with Crippen LogP contribution in [0.15, 0.2) is 0 Å². The van der Waals surface area contributed by atoms with E-state index in [0.717, 1.165) is 32.1 Å². The van der Waals surface area contributed by atoms with Gasteiger partial charge in [0.1, 0.15) is 5.01 Å². The smallest absolute Gasteiger partial charge is 0.107 e. The van der Waals surface area contributed by atoms with E-state index in [-0.39, 0.29) is 0 Å². The molecule has 0 spiro atoms. The van der Waals surface area contributed by atoms with Gasteiger partial charge >= 0.3 is 0 Å². The van der Waals surface area contributed by atoms with Crippen molar-refractivity contribution in [3.05, 3.63) is 15.6 Å². The first-order valence-corrected chi connectivity index (χ1v) is 7.80. The molecule has 1 saturated carbocycles. The first-order chi connectivity index (χ1) is 8.59. The molecule has 0 bridgehead atoms. The minimum atomic E-state index is 0.353. The van der Waals surface area contributed by atoms with Gasteiger partial charge in [0, 0.05) is 30.1 Å². The molecule has 0 aromatic carbocycles. The fraction of sp³-hybridized carbons (Fsp3) is 0.786. The number of rotatable bonds is 3. The van der Waals surface area contributed by atoms with Crippen molar-refractivity contribution in [2.45, 2.75) is 45.7 Å². The summed E-state index contributed by atoms with van der Waals surface area (Å²) in [5.74, 6) is 0.896. The molecule has 0 radical (unpaired) electrons. The maximum atomic E-state index is 4.71. The summed E-state index contributed by atoms with van der Waals surface area (Å²) in [6.45, 7) is 11.2. The summed E-state index contributed by atoms with van der Waals surface area (Å²) in [5, 5.41) is 4.86. The topological polar surface area (TPSA) is 28.2 Å². The molecular weight excluding hydrogens is 242 g/mol. The van der Waals surface area contributed by atoms with Crippen molar-refractivity contribution < 1.29 is 0 Å². The van der Waals surface area contributed by atoms with Crippen molar-refractivity contribution in [1.82, 2.24) is 15.2 Å². The van der Waals surface area contributed by atoms with Gasteiger partial charge in [0.15, 0.2) is 0 Å². The summed E-state index contributed by atoms with van der Waals surface area (Å²) in [5.41, 5.74) is 1.56. The summed E-state index contributed by atoms with van der Waals surface area (Å²) < 4.78 is 0. The van der Waals surface area contributed by atoms with Gasteiger partial charge in [-0.1, -0.05) is 0 Å². The van der Waals surface area contributed by atoms with Crippen molar-refractivity contribution >= 4 is 11.3 Å². The molecule has 100 valence electrons. The summed E-state index contributed by atoms with van der Waals surface area (Å²) in [6, 6.07) is 0. The molecule has 3 rings (SSSR count). The normalized spacial score (nSPS) is 29.7. The summed E-state index contributed by atoms with van der Waals surface area (Å²) in [7, 11) is 0. The largest absolute Gasteiger partial charge is 0.314 e. The predicted molar refractivity (Wildman–Crippen MR) is 76.0 cm³/mol. The van der Waals surface area contributed by atoms with E-state index in [1.165, 1.54) is 28.4 Å². The molecule has 1 unspecified atom stereocenters. The lowest BCUT2D eigenvalue weighted by molar-refractivity contribution is 0.0483. The fourth-order valence-electron chi connectivity index (χ4n) is 3.06. The van der Waals surface area contributed by atoms with Gasteiger partial charge in [0.25, 0.3) is 0 Å². The molecule has 2 heterocycles. The Morgan fingerprint density at radius 2 is 2.22 bits per heavy atom. The molecule has 1 aliphatic carbocycles. The minimum Gasteiger partial charge on any atom is -0.314 e. The van der Waals surface area contributed by atoms with Crippen molar-refractivity contribution in [3.63, 3.8) is 0 Å². The van der Waals surface area contributed by atoms with Crippen LogP contribution in [0.2, 0.25) is 0 Å². The molecule has 2 fully saturated rings. The zero-order valence-corrected chi connectivity index (χ0v) is 12.4. The van der Waals surface area contributed by atoms with Gasteiger partial charge < -0.3 is 5.32 Å². The van der Waals surface area contributed by atoms with Gasteiger partial charge in [0.2, 0.25) is 0 Å². The quantitative estimate of drug-likeness (QED) is 0.909. The highest BCUT2D eigenvalue weighted by Gasteiger charge is 2.46. The third-order valence-corrected chi connectivity index (χ3v) is 5.68. The van der Waals surface area contributed by atoms with Gasteiger partial charge in [-0.25, -0.2) is 4.98 Å². The number of hydrogen-bond acceptors (Lipinski definition) is 4. The van der Waals surface area contributed by atoms with E-state index in [1.807, 2.05) is 11.3 Å². The van der Waals surface area contributed by atoms with Gasteiger partial charge in [-0.05, 0) is 39.5 Å². The zero-order valence-electron chi connectivity index (χ0n) is 11.6. The zero-order chi connectivity index (χ0) is 12.8. The van der Waals surface area contributed by atoms with E-state index in [1.54, 1.807) is 0 Å². The molecular formula is C14H23N3S. The second-order valence-electron chi connectivity index (χ2n) is 5.98. The maximum absolute atomic E-state index is 4.71. The van der Waals surface area contributed by atoms with E-state index in [2.05, 4.69) is 31.0 Å². The number of aryl methyl sites for hydroxylation is 2. The van der Waals surface area contributed by atoms with Crippen LogP contribution < -0.4 is 5.32 Å². The molecule has 1 aromatic rings. The third kappa shape index (κ3) is 2.22. The average Bonchev–Trinajstić information content (AvgIpc) is 3.12. The number of thiazole rings is 1. The number of nitrogens with zero attached hydrogens (tertiary/aromatic N) is 2. The Morgan fingerprint density at radius 1 is 1.44 bits per heavy atom. The average molecular weight is 265 g/mol. The van der Waals surface area contributed by atoms with Crippen molar-refractivity contribution in [1.29, 1.82) is 0 Å². The van der Waals surface area contributed by atoms with Gasteiger partial charge in [0.05, 0.1) is 12.2 Å². The first-order valence-electron chi connectivity index (χ1n) is 6.98. The number of hydrogen-bond donors (Lipinski definition) is 1. The lowest BCUT2D eigenvalue weighted by Gasteiger charge is -2.45. The predicted octanol–water partition coefficient (Wildman–Crippen LogP) is 2.33. The van der Waals surface area contributed by atoms with Gasteiger partial charge in [-0.15, -0.1) is 11.3 Å². The molecule has 1 atom stereocenters. The highest BCUT2D eigenvalue weighted by molar-refractivity contribution is 7.11. The monoisotopic (exact) mass is 265 g/mol. The molecule has 4 heteroatoms. The van der Waals surface area contributed by atoms with Crippen LogP contribution in [0.3, 0.4) is 0 Å². The van der Waals surface area contributed by atoms with Crippen molar-refractivity contribution in [2.24, 2.45) is 5.92 Å². The highest BCUT2D eigenvalue weighted by Crippen LogP contribution is 2.44. The number of nitrogens with one attached hydrogen (secondary N) is 1. The summed E-state index contributed by atoms with van der Waals surface area (Å²) in [6.07, 6.45) is 2.81. The van der Waals surface area contributed by atoms with Crippen LogP contribution >= 0.6 is 11.3 Å². The van der Waals surface area contributed by atoms with E-state index in [4.69, 9.17) is 4.98 Å². The van der Waals surface area contributed by atoms with Crippen LogP contribution in [0.5, 0.6) is 0 Å². The van der Waals surface area contributed by atoms with E-state index < -0.39 is 0 Å². The van der Waals surface area contributed by atoms with E-state index in [0.29, 0.717) is 5.54 Å². The van der Waals surface area contributed by atoms with Crippen LogP contribution in [-0.4, -0.2) is 35.1 Å². The lowest BCUT2D eigenvalue weighted by atomic mass is 9.91. The summed E-state index contributed by atoms with van der Waals surface area (Å²) >= 11 is 1.87.